The molecule has 1 unspecified atom stereocenters. The van der Waals surface area contributed by atoms with Crippen molar-refractivity contribution >= 4 is 23.5 Å². The Morgan fingerprint density at radius 2 is 2.09 bits per heavy atom. The highest BCUT2D eigenvalue weighted by molar-refractivity contribution is 8.00. The van der Waals surface area contributed by atoms with E-state index in [4.69, 9.17) is 4.98 Å². The smallest absolute Gasteiger partial charge is 0.268 e. The molecule has 0 aliphatic carbocycles. The predicted molar refractivity (Wildman–Crippen MR) is 94.4 cm³/mol. The van der Waals surface area contributed by atoms with Gasteiger partial charge >= 0.3 is 0 Å². The SMILES string of the molecule is CC(C)CSc1nc2c(c(=O)n1-c1ccccc1)SC(C)C2. The van der Waals surface area contributed by atoms with Gasteiger partial charge in [-0.1, -0.05) is 50.7 Å². The molecule has 0 bridgehead atoms. The van der Waals surface area contributed by atoms with Crippen molar-refractivity contribution < 1.29 is 0 Å². The summed E-state index contributed by atoms with van der Waals surface area (Å²) in [7, 11) is 0. The van der Waals surface area contributed by atoms with Crippen molar-refractivity contribution in [3.8, 4) is 5.69 Å². The molecule has 0 amide bonds. The Hall–Kier alpha value is -1.20. The molecular weight excluding hydrogens is 312 g/mol. The summed E-state index contributed by atoms with van der Waals surface area (Å²) in [5.74, 6) is 1.52. The van der Waals surface area contributed by atoms with Crippen LogP contribution in [0.3, 0.4) is 0 Å². The lowest BCUT2D eigenvalue weighted by Crippen LogP contribution is -2.24. The van der Waals surface area contributed by atoms with Gasteiger partial charge in [-0.05, 0) is 18.1 Å². The average Bonchev–Trinajstić information content (AvgIpc) is 2.87. The van der Waals surface area contributed by atoms with E-state index in [9.17, 15) is 4.79 Å². The fraction of sp³-hybridized carbons (Fsp3) is 0.412. The van der Waals surface area contributed by atoms with E-state index in [-0.39, 0.29) is 5.56 Å². The van der Waals surface area contributed by atoms with Gasteiger partial charge in [0.05, 0.1) is 16.3 Å². The van der Waals surface area contributed by atoms with Crippen molar-refractivity contribution in [3.05, 3.63) is 46.4 Å². The van der Waals surface area contributed by atoms with Gasteiger partial charge in [-0.2, -0.15) is 0 Å². The van der Waals surface area contributed by atoms with E-state index in [1.807, 2.05) is 30.3 Å². The molecule has 22 heavy (non-hydrogen) atoms. The molecule has 1 aliphatic heterocycles. The molecule has 0 radical (unpaired) electrons. The van der Waals surface area contributed by atoms with E-state index < -0.39 is 0 Å². The number of aromatic nitrogens is 2. The number of hydrogen-bond acceptors (Lipinski definition) is 4. The summed E-state index contributed by atoms with van der Waals surface area (Å²) < 4.78 is 1.77. The van der Waals surface area contributed by atoms with Gasteiger partial charge in [-0.25, -0.2) is 4.98 Å². The summed E-state index contributed by atoms with van der Waals surface area (Å²) in [6.45, 7) is 6.52. The minimum atomic E-state index is 0.0804. The molecule has 2 aromatic rings. The van der Waals surface area contributed by atoms with Crippen LogP contribution in [0.2, 0.25) is 0 Å². The molecule has 2 heterocycles. The molecule has 0 saturated carbocycles. The molecule has 0 saturated heterocycles. The zero-order valence-electron chi connectivity index (χ0n) is 13.1. The fourth-order valence-corrected chi connectivity index (χ4v) is 4.52. The van der Waals surface area contributed by atoms with Gasteiger partial charge in [0.15, 0.2) is 5.16 Å². The molecule has 0 N–H and O–H groups in total. The van der Waals surface area contributed by atoms with E-state index >= 15 is 0 Å². The first kappa shape index (κ1) is 15.7. The zero-order valence-corrected chi connectivity index (χ0v) is 14.7. The normalized spacial score (nSPS) is 17.0. The summed E-state index contributed by atoms with van der Waals surface area (Å²) in [6.07, 6.45) is 0.889. The lowest BCUT2D eigenvalue weighted by atomic mass is 10.2. The number of thioether (sulfide) groups is 2. The Morgan fingerprint density at radius 1 is 1.36 bits per heavy atom. The van der Waals surface area contributed by atoms with Crippen molar-refractivity contribution in [2.45, 2.75) is 42.5 Å². The number of fused-ring (bicyclic) bond motifs is 1. The summed E-state index contributed by atoms with van der Waals surface area (Å²) in [6, 6.07) is 9.83. The highest BCUT2D eigenvalue weighted by Crippen LogP contribution is 2.35. The Bertz CT molecular complexity index is 725. The van der Waals surface area contributed by atoms with Crippen molar-refractivity contribution in [2.24, 2.45) is 5.92 Å². The molecule has 0 spiro atoms. The highest BCUT2D eigenvalue weighted by Gasteiger charge is 2.26. The summed E-state index contributed by atoms with van der Waals surface area (Å²) >= 11 is 3.33. The van der Waals surface area contributed by atoms with Gasteiger partial charge in [0.1, 0.15) is 0 Å². The standard InChI is InChI=1S/C17H20N2OS2/c1-11(2)10-21-17-18-14-9-12(3)22-15(14)16(20)19(17)13-7-5-4-6-8-13/h4-8,11-12H,9-10H2,1-3H3. The third-order valence-electron chi connectivity index (χ3n) is 3.44. The van der Waals surface area contributed by atoms with E-state index in [2.05, 4.69) is 20.8 Å². The van der Waals surface area contributed by atoms with Gasteiger partial charge in [-0.3, -0.25) is 9.36 Å². The van der Waals surface area contributed by atoms with Crippen molar-refractivity contribution in [3.63, 3.8) is 0 Å². The van der Waals surface area contributed by atoms with E-state index in [1.165, 1.54) is 0 Å². The van der Waals surface area contributed by atoms with Gasteiger partial charge < -0.3 is 0 Å². The van der Waals surface area contributed by atoms with Crippen molar-refractivity contribution in [2.75, 3.05) is 5.75 Å². The molecule has 116 valence electrons. The molecule has 3 rings (SSSR count). The van der Waals surface area contributed by atoms with Crippen LogP contribution in [-0.4, -0.2) is 20.6 Å². The number of para-hydroxylation sites is 1. The first-order chi connectivity index (χ1) is 10.6. The second-order valence-electron chi connectivity index (χ2n) is 5.98. The Balaban J connectivity index is 2.13. The van der Waals surface area contributed by atoms with E-state index in [0.717, 1.165) is 33.6 Å². The van der Waals surface area contributed by atoms with Crippen molar-refractivity contribution in [1.29, 1.82) is 0 Å². The van der Waals surface area contributed by atoms with Crippen LogP contribution >= 0.6 is 23.5 Å². The largest absolute Gasteiger partial charge is 0.272 e. The Kier molecular flexibility index (Phi) is 4.64. The molecular formula is C17H20N2OS2. The van der Waals surface area contributed by atoms with E-state index in [0.29, 0.717) is 11.2 Å². The van der Waals surface area contributed by atoms with Crippen LogP contribution in [0.4, 0.5) is 0 Å². The van der Waals surface area contributed by atoms with Crippen LogP contribution in [0.5, 0.6) is 0 Å². The quantitative estimate of drug-likeness (QED) is 0.626. The maximum absolute atomic E-state index is 13.0. The molecule has 0 fully saturated rings. The highest BCUT2D eigenvalue weighted by atomic mass is 32.2. The molecule has 1 aromatic heterocycles. The van der Waals surface area contributed by atoms with Gasteiger partial charge in [0, 0.05) is 17.4 Å². The second kappa shape index (κ2) is 6.50. The number of hydrogen-bond donors (Lipinski definition) is 0. The third-order valence-corrected chi connectivity index (χ3v) is 6.02. The molecule has 3 nitrogen and oxygen atoms in total. The molecule has 5 heteroatoms. The minimum absolute atomic E-state index is 0.0804. The second-order valence-corrected chi connectivity index (χ2v) is 8.42. The van der Waals surface area contributed by atoms with Crippen molar-refractivity contribution in [1.82, 2.24) is 9.55 Å². The maximum atomic E-state index is 13.0. The summed E-state index contributed by atoms with van der Waals surface area (Å²) in [5, 5.41) is 1.25. The van der Waals surface area contributed by atoms with Crippen LogP contribution in [0.1, 0.15) is 26.5 Å². The van der Waals surface area contributed by atoms with E-state index in [1.54, 1.807) is 28.1 Å². The first-order valence-corrected chi connectivity index (χ1v) is 9.43. The summed E-state index contributed by atoms with van der Waals surface area (Å²) in [4.78, 5) is 18.6. The van der Waals surface area contributed by atoms with Crippen LogP contribution in [0.25, 0.3) is 5.69 Å². The molecule has 1 aromatic carbocycles. The van der Waals surface area contributed by atoms with Crippen LogP contribution in [0, 0.1) is 5.92 Å². The average molecular weight is 332 g/mol. The first-order valence-electron chi connectivity index (χ1n) is 7.57. The predicted octanol–water partition coefficient (Wildman–Crippen LogP) is 4.02. The van der Waals surface area contributed by atoms with Crippen LogP contribution in [-0.2, 0) is 6.42 Å². The lowest BCUT2D eigenvalue weighted by Gasteiger charge is -2.14. The Labute approximate surface area is 139 Å². The number of nitrogens with zero attached hydrogens (tertiary/aromatic N) is 2. The van der Waals surface area contributed by atoms with Crippen LogP contribution < -0.4 is 5.56 Å². The monoisotopic (exact) mass is 332 g/mol. The fourth-order valence-electron chi connectivity index (χ4n) is 2.44. The molecule has 1 aliphatic rings. The molecule has 1 atom stereocenters. The third kappa shape index (κ3) is 3.10. The van der Waals surface area contributed by atoms with Gasteiger partial charge in [-0.15, -0.1) is 11.8 Å². The van der Waals surface area contributed by atoms with Crippen LogP contribution in [0.15, 0.2) is 45.2 Å². The Morgan fingerprint density at radius 3 is 2.77 bits per heavy atom. The van der Waals surface area contributed by atoms with Gasteiger partial charge in [0.25, 0.3) is 5.56 Å². The number of benzene rings is 1. The zero-order chi connectivity index (χ0) is 15.7. The number of rotatable bonds is 4. The van der Waals surface area contributed by atoms with Gasteiger partial charge in [0.2, 0.25) is 0 Å². The minimum Gasteiger partial charge on any atom is -0.268 e. The lowest BCUT2D eigenvalue weighted by molar-refractivity contribution is 0.716. The maximum Gasteiger partial charge on any atom is 0.272 e. The summed E-state index contributed by atoms with van der Waals surface area (Å²) in [5.41, 5.74) is 1.95. The topological polar surface area (TPSA) is 34.9 Å².